The second-order valence-corrected chi connectivity index (χ2v) is 7.93. The first kappa shape index (κ1) is 26.1. The Morgan fingerprint density at radius 3 is 2.79 bits per heavy atom. The number of nitrogens with zero attached hydrogens (tertiary/aromatic N) is 2. The number of methoxy groups -OCH3 is 1. The molecule has 0 aromatic carbocycles. The summed E-state index contributed by atoms with van der Waals surface area (Å²) in [6.07, 6.45) is 8.71. The molecular weight excluding hydrogens is 442 g/mol. The number of aliphatic hydroxyl groups excluding tert-OH is 1. The van der Waals surface area contributed by atoms with Crippen LogP contribution in [0.2, 0.25) is 0 Å². The molecule has 0 radical (unpaired) electrons. The molecule has 2 N–H and O–H groups in total. The average molecular weight is 478 g/mol. The second kappa shape index (κ2) is 12.8. The molecule has 1 fully saturated rings. The van der Waals surface area contributed by atoms with Crippen LogP contribution >= 0.6 is 0 Å². The molecule has 0 saturated carbocycles. The molecule has 0 unspecified atom stereocenters. The molecule has 34 heavy (non-hydrogen) atoms. The minimum Gasteiger partial charge on any atom is -0.479 e. The van der Waals surface area contributed by atoms with Crippen molar-refractivity contribution in [3.8, 4) is 0 Å². The lowest BCUT2D eigenvalue weighted by atomic mass is 10.1. The van der Waals surface area contributed by atoms with E-state index in [1.54, 1.807) is 27.2 Å². The van der Waals surface area contributed by atoms with E-state index in [0.29, 0.717) is 19.2 Å². The van der Waals surface area contributed by atoms with Crippen molar-refractivity contribution in [1.82, 2.24) is 9.88 Å². The summed E-state index contributed by atoms with van der Waals surface area (Å²) >= 11 is 0. The van der Waals surface area contributed by atoms with E-state index in [1.165, 1.54) is 0 Å². The number of unbranched alkanes of at least 4 members (excludes halogenated alkanes) is 1. The number of esters is 1. The Bertz CT molecular complexity index is 903. The molecule has 3 rings (SSSR count). The largest absolute Gasteiger partial charge is 0.479 e. The molecule has 2 aliphatic heterocycles. The predicted octanol–water partition coefficient (Wildman–Crippen LogP) is 2.30. The number of ether oxygens (including phenoxy) is 5. The highest BCUT2D eigenvalue weighted by Gasteiger charge is 2.41. The van der Waals surface area contributed by atoms with Gasteiger partial charge in [-0.2, -0.15) is 0 Å². The van der Waals surface area contributed by atoms with Crippen LogP contribution in [0.15, 0.2) is 29.5 Å². The number of fused-ring (bicyclic) bond motifs is 1. The fourth-order valence-electron chi connectivity index (χ4n) is 3.73. The van der Waals surface area contributed by atoms with Gasteiger partial charge < -0.3 is 33.4 Å². The van der Waals surface area contributed by atoms with E-state index >= 15 is 0 Å². The Balaban J connectivity index is 1.85. The fraction of sp³-hybridized carbons (Fsp3) is 0.583. The number of allylic oxidation sites excluding steroid dienone is 2. The number of carbonyl (C=O) groups is 1. The van der Waals surface area contributed by atoms with Crippen molar-refractivity contribution < 1.29 is 33.6 Å². The lowest BCUT2D eigenvalue weighted by Crippen LogP contribution is -2.58. The maximum atomic E-state index is 12.6. The smallest absolute Gasteiger partial charge is 0.326 e. The summed E-state index contributed by atoms with van der Waals surface area (Å²) in [5.74, 6) is -0.127. The highest BCUT2D eigenvalue weighted by atomic mass is 16.9. The Morgan fingerprint density at radius 2 is 2.12 bits per heavy atom. The zero-order valence-corrected chi connectivity index (χ0v) is 20.2. The van der Waals surface area contributed by atoms with Crippen molar-refractivity contribution in [3.05, 3.63) is 41.4 Å². The SMILES string of the molecule is CCCCOCn1cc(CN[C@@H](C(=O)OCC)[C@H](O)C2OC(C)O2)c2c1C(OC)=N/C=C/C=C2. The molecule has 10 heteroatoms. The molecule has 1 saturated heterocycles. The molecular formula is C24H35N3O7. The van der Waals surface area contributed by atoms with Crippen molar-refractivity contribution in [2.75, 3.05) is 20.3 Å². The number of aliphatic imine (C=N–C) groups is 1. The standard InChI is InChI=1S/C24H35N3O7/c1-5-7-12-31-15-27-14-17(18-10-8-9-11-25-22(30-4)20(18)27)13-26-19(23(29)32-6-2)21(28)24-33-16(3)34-24/h8-11,14,16,19,21,24,26,28H,5-7,12-13,15H2,1-4H3/b9-8?,10-8?,11-9+,18-10?,22-20?,25-11?,25-22?/t16?,19-,21+,24?/m1/s1. The molecule has 10 nitrogen and oxygen atoms in total. The summed E-state index contributed by atoms with van der Waals surface area (Å²) in [5, 5.41) is 13.8. The van der Waals surface area contributed by atoms with E-state index in [4.69, 9.17) is 23.7 Å². The molecule has 188 valence electrons. The van der Waals surface area contributed by atoms with Crippen LogP contribution < -0.4 is 5.32 Å². The van der Waals surface area contributed by atoms with Crippen molar-refractivity contribution in [2.45, 2.75) is 71.6 Å². The third-order valence-corrected chi connectivity index (χ3v) is 5.45. The van der Waals surface area contributed by atoms with Crippen LogP contribution in [0, 0.1) is 0 Å². The number of nitrogens with one attached hydrogen (secondary N) is 1. The number of aromatic nitrogens is 1. The van der Waals surface area contributed by atoms with E-state index in [2.05, 4.69) is 17.2 Å². The minimum atomic E-state index is -1.23. The van der Waals surface area contributed by atoms with Gasteiger partial charge in [-0.25, -0.2) is 4.99 Å². The average Bonchev–Trinajstić information content (AvgIpc) is 3.11. The molecule has 2 atom stereocenters. The maximum absolute atomic E-state index is 12.6. The molecule has 0 spiro atoms. The molecule has 3 heterocycles. The lowest BCUT2D eigenvalue weighted by Gasteiger charge is -2.38. The monoisotopic (exact) mass is 477 g/mol. The van der Waals surface area contributed by atoms with Gasteiger partial charge in [-0.05, 0) is 31.9 Å². The van der Waals surface area contributed by atoms with Crippen molar-refractivity contribution >= 4 is 17.9 Å². The van der Waals surface area contributed by atoms with Gasteiger partial charge in [0, 0.05) is 31.1 Å². The topological polar surface area (TPSA) is 113 Å². The van der Waals surface area contributed by atoms with Crippen LogP contribution in [0.25, 0.3) is 6.08 Å². The first-order valence-electron chi connectivity index (χ1n) is 11.6. The van der Waals surface area contributed by atoms with E-state index in [1.807, 2.05) is 29.0 Å². The summed E-state index contributed by atoms with van der Waals surface area (Å²) in [5.41, 5.74) is 2.51. The third kappa shape index (κ3) is 6.34. The van der Waals surface area contributed by atoms with Gasteiger partial charge in [0.05, 0.1) is 13.7 Å². The Labute approximate surface area is 200 Å². The van der Waals surface area contributed by atoms with Crippen molar-refractivity contribution in [2.24, 2.45) is 4.99 Å². The molecule has 2 aliphatic rings. The van der Waals surface area contributed by atoms with Crippen LogP contribution in [-0.4, -0.2) is 66.6 Å². The van der Waals surface area contributed by atoms with Crippen molar-refractivity contribution in [3.63, 3.8) is 0 Å². The molecule has 0 bridgehead atoms. The quantitative estimate of drug-likeness (QED) is 0.348. The zero-order chi connectivity index (χ0) is 24.5. The Kier molecular flexibility index (Phi) is 9.85. The molecule has 0 amide bonds. The lowest BCUT2D eigenvalue weighted by molar-refractivity contribution is -0.399. The van der Waals surface area contributed by atoms with Gasteiger partial charge in [0.25, 0.3) is 0 Å². The minimum absolute atomic E-state index is 0.191. The Morgan fingerprint density at radius 1 is 1.32 bits per heavy atom. The van der Waals surface area contributed by atoms with Gasteiger partial charge in [-0.1, -0.05) is 25.5 Å². The van der Waals surface area contributed by atoms with Crippen LogP contribution in [-0.2, 0) is 41.8 Å². The van der Waals surface area contributed by atoms with Gasteiger partial charge >= 0.3 is 5.97 Å². The highest BCUT2D eigenvalue weighted by Crippen LogP contribution is 2.25. The summed E-state index contributed by atoms with van der Waals surface area (Å²) in [6, 6.07) is -1.04. The Hall–Kier alpha value is -2.50. The van der Waals surface area contributed by atoms with E-state index in [-0.39, 0.29) is 13.2 Å². The van der Waals surface area contributed by atoms with Gasteiger partial charge in [-0.15, -0.1) is 0 Å². The van der Waals surface area contributed by atoms with Crippen LogP contribution in [0.3, 0.4) is 0 Å². The van der Waals surface area contributed by atoms with Gasteiger partial charge in [0.15, 0.2) is 12.6 Å². The van der Waals surface area contributed by atoms with E-state index in [9.17, 15) is 9.90 Å². The number of aliphatic hydroxyl groups is 1. The van der Waals surface area contributed by atoms with E-state index in [0.717, 1.165) is 29.7 Å². The number of hydrogen-bond acceptors (Lipinski definition) is 9. The summed E-state index contributed by atoms with van der Waals surface area (Å²) in [6.45, 7) is 6.96. The first-order valence-corrected chi connectivity index (χ1v) is 11.6. The highest BCUT2D eigenvalue weighted by molar-refractivity contribution is 5.97. The summed E-state index contributed by atoms with van der Waals surface area (Å²) in [7, 11) is 1.57. The normalized spacial score (nSPS) is 22.0. The van der Waals surface area contributed by atoms with Crippen LogP contribution in [0.1, 0.15) is 50.4 Å². The third-order valence-electron chi connectivity index (χ3n) is 5.45. The predicted molar refractivity (Wildman–Crippen MR) is 126 cm³/mol. The van der Waals surface area contributed by atoms with Crippen molar-refractivity contribution in [1.29, 1.82) is 0 Å². The van der Waals surface area contributed by atoms with Gasteiger partial charge in [-0.3, -0.25) is 10.1 Å². The number of carbonyl (C=O) groups excluding carboxylic acids is 1. The molecule has 1 aromatic rings. The van der Waals surface area contributed by atoms with Crippen LogP contribution in [0.5, 0.6) is 0 Å². The summed E-state index contributed by atoms with van der Waals surface area (Å²) < 4.78 is 29.3. The fourth-order valence-corrected chi connectivity index (χ4v) is 3.73. The number of rotatable bonds is 12. The molecule has 1 aromatic heterocycles. The van der Waals surface area contributed by atoms with Gasteiger partial charge in [0.1, 0.15) is 24.6 Å². The van der Waals surface area contributed by atoms with E-state index < -0.39 is 30.7 Å². The molecule has 0 aliphatic carbocycles. The van der Waals surface area contributed by atoms with Gasteiger partial charge in [0.2, 0.25) is 5.90 Å². The zero-order valence-electron chi connectivity index (χ0n) is 20.2. The van der Waals surface area contributed by atoms with Crippen LogP contribution in [0.4, 0.5) is 0 Å². The number of hydrogen-bond donors (Lipinski definition) is 2. The summed E-state index contributed by atoms with van der Waals surface area (Å²) in [4.78, 5) is 17.0. The first-order chi connectivity index (χ1) is 16.5. The maximum Gasteiger partial charge on any atom is 0.326 e. The second-order valence-electron chi connectivity index (χ2n) is 7.93.